The van der Waals surface area contributed by atoms with Crippen molar-refractivity contribution in [2.45, 2.75) is 56.8 Å². The first-order valence-corrected chi connectivity index (χ1v) is 13.5. The molecule has 3 aromatic rings. The number of halogens is 1. The third-order valence-corrected chi connectivity index (χ3v) is 9.60. The molecule has 1 unspecified atom stereocenters. The number of sulfonamides is 1. The van der Waals surface area contributed by atoms with Crippen molar-refractivity contribution < 1.29 is 22.7 Å². The van der Waals surface area contributed by atoms with Crippen LogP contribution in [-0.4, -0.2) is 31.6 Å². The van der Waals surface area contributed by atoms with Crippen LogP contribution in [0.1, 0.15) is 56.2 Å². The Morgan fingerprint density at radius 2 is 1.61 bits per heavy atom. The summed E-state index contributed by atoms with van der Waals surface area (Å²) >= 11 is 0. The third kappa shape index (κ3) is 4.58. The van der Waals surface area contributed by atoms with Crippen molar-refractivity contribution in [2.24, 2.45) is 4.40 Å². The van der Waals surface area contributed by atoms with E-state index in [1.54, 1.807) is 39.0 Å². The number of benzene rings is 3. The molecule has 1 N–H and O–H groups in total. The Morgan fingerprint density at radius 1 is 0.972 bits per heavy atom. The SMILES string of the molecule is Cc1ccccc1-c1ccc(C2(C)C(C)(C)OC(C[C@@H](CCO)c3ccccc3F)=NS2(=O)=O)cc1. The van der Waals surface area contributed by atoms with Gasteiger partial charge in [-0.3, -0.25) is 0 Å². The summed E-state index contributed by atoms with van der Waals surface area (Å²) in [7, 11) is -4.06. The first-order chi connectivity index (χ1) is 17.0. The Morgan fingerprint density at radius 3 is 2.22 bits per heavy atom. The van der Waals surface area contributed by atoms with Gasteiger partial charge >= 0.3 is 0 Å². The lowest BCUT2D eigenvalue weighted by molar-refractivity contribution is 0.0424. The van der Waals surface area contributed by atoms with Gasteiger partial charge in [-0.15, -0.1) is 4.40 Å². The second-order valence-electron chi connectivity index (χ2n) is 9.93. The van der Waals surface area contributed by atoms with Gasteiger partial charge in [0.05, 0.1) is 0 Å². The predicted molar refractivity (Wildman–Crippen MR) is 141 cm³/mol. The standard InChI is InChI=1S/C29H32FNO4S/c1-20-9-5-6-10-24(20)21-13-15-23(16-14-21)29(4)28(2,3)35-27(31-36(29,33)34)19-22(17-18-32)25-11-7-8-12-26(25)30/h5-16,22,32H,17-19H2,1-4H3/t22-,29?/m1/s1. The molecule has 1 aliphatic heterocycles. The van der Waals surface area contributed by atoms with Gasteiger partial charge in [0.25, 0.3) is 10.0 Å². The van der Waals surface area contributed by atoms with Crippen LogP contribution < -0.4 is 0 Å². The molecule has 5 nitrogen and oxygen atoms in total. The van der Waals surface area contributed by atoms with E-state index in [0.717, 1.165) is 16.7 Å². The average Bonchev–Trinajstić information content (AvgIpc) is 2.82. The number of hydrogen-bond acceptors (Lipinski definition) is 4. The van der Waals surface area contributed by atoms with E-state index in [1.165, 1.54) is 6.07 Å². The van der Waals surface area contributed by atoms with Gasteiger partial charge in [0.15, 0.2) is 4.75 Å². The molecule has 4 rings (SSSR count). The van der Waals surface area contributed by atoms with E-state index in [0.29, 0.717) is 11.1 Å². The minimum absolute atomic E-state index is 0.0238. The molecule has 2 atom stereocenters. The zero-order chi connectivity index (χ0) is 26.1. The van der Waals surface area contributed by atoms with Crippen LogP contribution in [0.2, 0.25) is 0 Å². The molecule has 0 radical (unpaired) electrons. The van der Waals surface area contributed by atoms with Gasteiger partial charge in [0, 0.05) is 13.0 Å². The number of hydrogen-bond donors (Lipinski definition) is 1. The molecule has 7 heteroatoms. The van der Waals surface area contributed by atoms with Gasteiger partial charge < -0.3 is 9.84 Å². The molecule has 0 amide bonds. The van der Waals surface area contributed by atoms with Gasteiger partial charge in [-0.2, -0.15) is 0 Å². The van der Waals surface area contributed by atoms with E-state index < -0.39 is 32.1 Å². The van der Waals surface area contributed by atoms with Crippen LogP contribution in [0.5, 0.6) is 0 Å². The molecular formula is C29H32FNO4S. The average molecular weight is 510 g/mol. The quantitative estimate of drug-likeness (QED) is 0.417. The molecule has 1 aliphatic rings. The highest BCUT2D eigenvalue weighted by Crippen LogP contribution is 2.47. The lowest BCUT2D eigenvalue weighted by atomic mass is 9.83. The van der Waals surface area contributed by atoms with Crippen LogP contribution in [0.25, 0.3) is 11.1 Å². The summed E-state index contributed by atoms with van der Waals surface area (Å²) in [4.78, 5) is 0. The maximum absolute atomic E-state index is 14.5. The zero-order valence-electron chi connectivity index (χ0n) is 21.0. The largest absolute Gasteiger partial charge is 0.472 e. The van der Waals surface area contributed by atoms with E-state index in [2.05, 4.69) is 4.40 Å². The van der Waals surface area contributed by atoms with Crippen molar-refractivity contribution >= 4 is 15.9 Å². The van der Waals surface area contributed by atoms with Crippen LogP contribution in [0, 0.1) is 12.7 Å². The first kappa shape index (κ1) is 26.0. The molecule has 0 spiro atoms. The van der Waals surface area contributed by atoms with Gasteiger partial charge in [0.2, 0.25) is 5.90 Å². The van der Waals surface area contributed by atoms with Gasteiger partial charge in [-0.25, -0.2) is 12.8 Å². The van der Waals surface area contributed by atoms with Crippen molar-refractivity contribution in [2.75, 3.05) is 6.61 Å². The van der Waals surface area contributed by atoms with Crippen molar-refractivity contribution in [3.05, 3.63) is 95.3 Å². The van der Waals surface area contributed by atoms with Crippen LogP contribution in [0.4, 0.5) is 4.39 Å². The molecule has 0 aromatic heterocycles. The molecule has 0 saturated carbocycles. The molecule has 0 saturated heterocycles. The number of rotatable bonds is 7. The molecular weight excluding hydrogens is 477 g/mol. The molecule has 36 heavy (non-hydrogen) atoms. The van der Waals surface area contributed by atoms with Crippen LogP contribution in [0.3, 0.4) is 0 Å². The predicted octanol–water partition coefficient (Wildman–Crippen LogP) is 6.11. The number of aliphatic hydroxyl groups is 1. The lowest BCUT2D eigenvalue weighted by Crippen LogP contribution is -2.55. The van der Waals surface area contributed by atoms with E-state index in [1.807, 2.05) is 55.5 Å². The number of nitrogens with zero attached hydrogens (tertiary/aromatic N) is 1. The van der Waals surface area contributed by atoms with Crippen LogP contribution in [0.15, 0.2) is 77.2 Å². The second kappa shape index (κ2) is 9.79. The Hall–Kier alpha value is -3.03. The van der Waals surface area contributed by atoms with Gasteiger partial charge in [0.1, 0.15) is 11.4 Å². The number of aliphatic hydroxyl groups excluding tert-OH is 1. The fraction of sp³-hybridized carbons (Fsp3) is 0.345. The highest BCUT2D eigenvalue weighted by atomic mass is 32.2. The van der Waals surface area contributed by atoms with Crippen molar-refractivity contribution in [1.29, 1.82) is 0 Å². The summed E-state index contributed by atoms with van der Waals surface area (Å²) in [6, 6.07) is 21.8. The zero-order valence-corrected chi connectivity index (χ0v) is 21.8. The summed E-state index contributed by atoms with van der Waals surface area (Å²) in [5.41, 5.74) is 3.02. The molecule has 190 valence electrons. The minimum Gasteiger partial charge on any atom is -0.472 e. The fourth-order valence-corrected chi connectivity index (χ4v) is 6.59. The number of aryl methyl sites for hydroxylation is 1. The summed E-state index contributed by atoms with van der Waals surface area (Å²) in [5, 5.41) is 9.56. The van der Waals surface area contributed by atoms with Gasteiger partial charge in [-0.05, 0) is 73.9 Å². The smallest absolute Gasteiger partial charge is 0.269 e. The van der Waals surface area contributed by atoms with Crippen LogP contribution >= 0.6 is 0 Å². The Bertz CT molecular complexity index is 1380. The Balaban J connectivity index is 1.70. The lowest BCUT2D eigenvalue weighted by Gasteiger charge is -2.45. The highest BCUT2D eigenvalue weighted by molar-refractivity contribution is 7.91. The maximum Gasteiger partial charge on any atom is 0.269 e. The van der Waals surface area contributed by atoms with Crippen molar-refractivity contribution in [3.8, 4) is 11.1 Å². The maximum atomic E-state index is 14.5. The summed E-state index contributed by atoms with van der Waals surface area (Å²) < 4.78 is 50.7. The highest BCUT2D eigenvalue weighted by Gasteiger charge is 2.58. The Kier molecular flexibility index (Phi) is 7.08. The van der Waals surface area contributed by atoms with Gasteiger partial charge in [-0.1, -0.05) is 66.7 Å². The molecule has 0 bridgehead atoms. The topological polar surface area (TPSA) is 76.0 Å². The fourth-order valence-electron chi connectivity index (χ4n) is 4.93. The molecule has 1 heterocycles. The van der Waals surface area contributed by atoms with Crippen LogP contribution in [-0.2, 0) is 19.5 Å². The van der Waals surface area contributed by atoms with E-state index >= 15 is 0 Å². The molecule has 3 aromatic carbocycles. The minimum atomic E-state index is -4.06. The van der Waals surface area contributed by atoms with Crippen molar-refractivity contribution in [3.63, 3.8) is 0 Å². The number of ether oxygens (including phenoxy) is 1. The summed E-state index contributed by atoms with van der Waals surface area (Å²) in [5.74, 6) is -0.859. The molecule has 0 fully saturated rings. The van der Waals surface area contributed by atoms with Crippen molar-refractivity contribution in [1.82, 2.24) is 0 Å². The summed E-state index contributed by atoms with van der Waals surface area (Å²) in [6.45, 7) is 6.97. The van der Waals surface area contributed by atoms with E-state index in [9.17, 15) is 17.9 Å². The van der Waals surface area contributed by atoms with E-state index in [4.69, 9.17) is 4.74 Å². The monoisotopic (exact) mass is 509 g/mol. The third-order valence-electron chi connectivity index (χ3n) is 7.40. The first-order valence-electron chi connectivity index (χ1n) is 12.0. The Labute approximate surface area is 212 Å². The van der Waals surface area contributed by atoms with E-state index in [-0.39, 0.29) is 25.3 Å². The molecule has 0 aliphatic carbocycles. The summed E-state index contributed by atoms with van der Waals surface area (Å²) in [6.07, 6.45) is 0.313. The second-order valence-corrected chi connectivity index (χ2v) is 11.9. The normalized spacial score (nSPS) is 21.3.